The van der Waals surface area contributed by atoms with Crippen molar-refractivity contribution in [1.29, 1.82) is 0 Å². The Labute approximate surface area is 114 Å². The van der Waals surface area contributed by atoms with Crippen molar-refractivity contribution >= 4 is 0 Å². The first-order valence-corrected chi connectivity index (χ1v) is 7.12. The van der Waals surface area contributed by atoms with E-state index in [-0.39, 0.29) is 11.7 Å². The lowest BCUT2D eigenvalue weighted by Crippen LogP contribution is -2.32. The van der Waals surface area contributed by atoms with Gasteiger partial charge < -0.3 is 10.0 Å². The summed E-state index contributed by atoms with van der Waals surface area (Å²) >= 11 is 0. The van der Waals surface area contributed by atoms with E-state index in [9.17, 15) is 9.50 Å². The normalized spacial score (nSPS) is 18.6. The van der Waals surface area contributed by atoms with Crippen LogP contribution in [0.4, 0.5) is 4.39 Å². The molecule has 1 N–H and O–H groups in total. The zero-order valence-electron chi connectivity index (χ0n) is 11.7. The topological polar surface area (TPSA) is 36.4 Å². The molecule has 0 radical (unpaired) electrons. The average Bonchev–Trinajstić information content (AvgIpc) is 3.22. The van der Waals surface area contributed by atoms with Gasteiger partial charge in [0.2, 0.25) is 0 Å². The van der Waals surface area contributed by atoms with Crippen LogP contribution in [0.1, 0.15) is 38.5 Å². The molecular weight excluding hydrogens is 243 g/mol. The standard InChI is InChI=1S/C15H23FN2O/c1-3-18(10-12-4-5-12)9-11(2)15(19)14-7-6-13(16)8-17-14/h6-8,11-12,15,19H,3-5,9-10H2,1-2H3. The summed E-state index contributed by atoms with van der Waals surface area (Å²) in [5, 5.41) is 10.3. The molecule has 106 valence electrons. The van der Waals surface area contributed by atoms with Gasteiger partial charge >= 0.3 is 0 Å². The molecule has 4 heteroatoms. The minimum absolute atomic E-state index is 0.0941. The Balaban J connectivity index is 1.89. The Morgan fingerprint density at radius 1 is 1.47 bits per heavy atom. The molecule has 1 aliphatic carbocycles. The maximum absolute atomic E-state index is 12.8. The number of aromatic nitrogens is 1. The molecule has 1 aromatic rings. The summed E-state index contributed by atoms with van der Waals surface area (Å²) < 4.78 is 12.8. The molecule has 2 unspecified atom stereocenters. The van der Waals surface area contributed by atoms with Gasteiger partial charge in [0.25, 0.3) is 0 Å². The third kappa shape index (κ3) is 4.25. The number of pyridine rings is 1. The van der Waals surface area contributed by atoms with Gasteiger partial charge in [-0.05, 0) is 37.4 Å². The summed E-state index contributed by atoms with van der Waals surface area (Å²) in [6.07, 6.45) is 3.21. The van der Waals surface area contributed by atoms with Crippen molar-refractivity contribution in [2.24, 2.45) is 11.8 Å². The summed E-state index contributed by atoms with van der Waals surface area (Å²) in [4.78, 5) is 6.35. The smallest absolute Gasteiger partial charge is 0.141 e. The Morgan fingerprint density at radius 3 is 2.74 bits per heavy atom. The summed E-state index contributed by atoms with van der Waals surface area (Å²) in [7, 11) is 0. The summed E-state index contributed by atoms with van der Waals surface area (Å²) in [5.74, 6) is 0.581. The van der Waals surface area contributed by atoms with E-state index >= 15 is 0 Å². The lowest BCUT2D eigenvalue weighted by atomic mass is 10.0. The highest BCUT2D eigenvalue weighted by atomic mass is 19.1. The Morgan fingerprint density at radius 2 is 2.21 bits per heavy atom. The molecule has 3 nitrogen and oxygen atoms in total. The molecule has 1 aromatic heterocycles. The van der Waals surface area contributed by atoms with Crippen molar-refractivity contribution in [3.05, 3.63) is 29.8 Å². The van der Waals surface area contributed by atoms with Gasteiger partial charge in [0.15, 0.2) is 0 Å². The number of halogens is 1. The monoisotopic (exact) mass is 266 g/mol. The molecule has 0 saturated heterocycles. The van der Waals surface area contributed by atoms with E-state index in [1.54, 1.807) is 6.07 Å². The zero-order valence-corrected chi connectivity index (χ0v) is 11.7. The number of hydrogen-bond donors (Lipinski definition) is 1. The number of nitrogens with zero attached hydrogens (tertiary/aromatic N) is 2. The van der Waals surface area contributed by atoms with Crippen LogP contribution in [0.15, 0.2) is 18.3 Å². The fourth-order valence-corrected chi connectivity index (χ4v) is 2.36. The summed E-state index contributed by atoms with van der Waals surface area (Å²) in [5.41, 5.74) is 0.552. The van der Waals surface area contributed by atoms with Gasteiger partial charge in [-0.3, -0.25) is 4.98 Å². The Kier molecular flexibility index (Phi) is 4.88. The second kappa shape index (κ2) is 6.44. The van der Waals surface area contributed by atoms with Crippen molar-refractivity contribution in [1.82, 2.24) is 9.88 Å². The van der Waals surface area contributed by atoms with Crippen LogP contribution in [0.25, 0.3) is 0 Å². The van der Waals surface area contributed by atoms with Gasteiger partial charge in [-0.1, -0.05) is 13.8 Å². The fraction of sp³-hybridized carbons (Fsp3) is 0.667. The molecule has 1 saturated carbocycles. The van der Waals surface area contributed by atoms with Crippen LogP contribution in [0.5, 0.6) is 0 Å². The highest BCUT2D eigenvalue weighted by Crippen LogP contribution is 2.30. The maximum atomic E-state index is 12.8. The van der Waals surface area contributed by atoms with E-state index in [0.717, 1.165) is 31.7 Å². The van der Waals surface area contributed by atoms with E-state index in [0.29, 0.717) is 5.69 Å². The molecule has 0 spiro atoms. The zero-order chi connectivity index (χ0) is 13.8. The van der Waals surface area contributed by atoms with Crippen molar-refractivity contribution in [2.75, 3.05) is 19.6 Å². The molecule has 2 atom stereocenters. The quantitative estimate of drug-likeness (QED) is 0.824. The third-order valence-corrected chi connectivity index (χ3v) is 3.80. The lowest BCUT2D eigenvalue weighted by molar-refractivity contribution is 0.0847. The number of aliphatic hydroxyl groups is 1. The van der Waals surface area contributed by atoms with Crippen LogP contribution in [0.3, 0.4) is 0 Å². The highest BCUT2D eigenvalue weighted by Gasteiger charge is 2.26. The molecule has 19 heavy (non-hydrogen) atoms. The largest absolute Gasteiger partial charge is 0.386 e. The molecular formula is C15H23FN2O. The van der Waals surface area contributed by atoms with Crippen molar-refractivity contribution in [2.45, 2.75) is 32.8 Å². The lowest BCUT2D eigenvalue weighted by Gasteiger charge is -2.27. The van der Waals surface area contributed by atoms with Gasteiger partial charge in [0, 0.05) is 19.0 Å². The molecule has 2 rings (SSSR count). The SMILES string of the molecule is CCN(CC1CC1)CC(C)C(O)c1ccc(F)cn1. The summed E-state index contributed by atoms with van der Waals surface area (Å²) in [6.45, 7) is 7.16. The van der Waals surface area contributed by atoms with Gasteiger partial charge in [-0.15, -0.1) is 0 Å². The second-order valence-electron chi connectivity index (χ2n) is 5.62. The highest BCUT2D eigenvalue weighted by molar-refractivity contribution is 5.08. The molecule has 0 bridgehead atoms. The first-order chi connectivity index (χ1) is 9.10. The molecule has 1 heterocycles. The number of rotatable bonds is 7. The molecule has 0 aromatic carbocycles. The Hall–Kier alpha value is -1.00. The van der Waals surface area contributed by atoms with Gasteiger partial charge in [0.05, 0.1) is 18.0 Å². The fourth-order valence-electron chi connectivity index (χ4n) is 2.36. The van der Waals surface area contributed by atoms with Crippen molar-refractivity contribution < 1.29 is 9.50 Å². The predicted molar refractivity (Wildman–Crippen MR) is 73.2 cm³/mol. The van der Waals surface area contributed by atoms with Gasteiger partial charge in [-0.2, -0.15) is 0 Å². The second-order valence-corrected chi connectivity index (χ2v) is 5.62. The van der Waals surface area contributed by atoms with E-state index in [4.69, 9.17) is 0 Å². The maximum Gasteiger partial charge on any atom is 0.141 e. The third-order valence-electron chi connectivity index (χ3n) is 3.80. The van der Waals surface area contributed by atoms with Crippen LogP contribution in [0, 0.1) is 17.7 Å². The van der Waals surface area contributed by atoms with Crippen molar-refractivity contribution in [3.8, 4) is 0 Å². The predicted octanol–water partition coefficient (Wildman–Crippen LogP) is 2.62. The van der Waals surface area contributed by atoms with E-state index in [2.05, 4.69) is 16.8 Å². The number of hydrogen-bond acceptors (Lipinski definition) is 3. The van der Waals surface area contributed by atoms with Crippen LogP contribution in [-0.4, -0.2) is 34.6 Å². The molecule has 0 aliphatic heterocycles. The van der Waals surface area contributed by atoms with Crippen LogP contribution >= 0.6 is 0 Å². The first kappa shape index (κ1) is 14.4. The van der Waals surface area contributed by atoms with E-state index in [1.165, 1.54) is 18.9 Å². The van der Waals surface area contributed by atoms with Gasteiger partial charge in [0.1, 0.15) is 5.82 Å². The van der Waals surface area contributed by atoms with Crippen LogP contribution in [-0.2, 0) is 0 Å². The van der Waals surface area contributed by atoms with E-state index < -0.39 is 6.10 Å². The Bertz CT molecular complexity index is 392. The molecule has 1 aliphatic rings. The molecule has 0 amide bonds. The van der Waals surface area contributed by atoms with Crippen LogP contribution in [0.2, 0.25) is 0 Å². The number of aliphatic hydroxyl groups excluding tert-OH is 1. The van der Waals surface area contributed by atoms with E-state index in [1.807, 2.05) is 6.92 Å². The molecule has 1 fully saturated rings. The van der Waals surface area contributed by atoms with Crippen LogP contribution < -0.4 is 0 Å². The summed E-state index contributed by atoms with van der Waals surface area (Å²) in [6, 6.07) is 2.91. The van der Waals surface area contributed by atoms with Gasteiger partial charge in [-0.25, -0.2) is 4.39 Å². The minimum atomic E-state index is -0.631. The minimum Gasteiger partial charge on any atom is -0.386 e. The average molecular weight is 266 g/mol. The van der Waals surface area contributed by atoms with Crippen molar-refractivity contribution in [3.63, 3.8) is 0 Å². The first-order valence-electron chi connectivity index (χ1n) is 7.12.